The summed E-state index contributed by atoms with van der Waals surface area (Å²) < 4.78 is 17.0. The summed E-state index contributed by atoms with van der Waals surface area (Å²) in [4.78, 5) is 38.4. The van der Waals surface area contributed by atoms with Crippen LogP contribution in [-0.4, -0.2) is 37.2 Å². The van der Waals surface area contributed by atoms with E-state index >= 15 is 0 Å². The van der Waals surface area contributed by atoms with Gasteiger partial charge in [0.1, 0.15) is 13.2 Å². The lowest BCUT2D eigenvalue weighted by Crippen LogP contribution is -2.30. The fourth-order valence-electron chi connectivity index (χ4n) is 9.50. The summed E-state index contributed by atoms with van der Waals surface area (Å²) in [6, 6.07) is 0. The van der Waals surface area contributed by atoms with Gasteiger partial charge >= 0.3 is 17.9 Å². The summed E-state index contributed by atoms with van der Waals surface area (Å²) in [5.41, 5.74) is 0. The summed E-state index contributed by atoms with van der Waals surface area (Å²) in [7, 11) is 0. The summed E-state index contributed by atoms with van der Waals surface area (Å²) in [5, 5.41) is 0. The van der Waals surface area contributed by atoms with Crippen LogP contribution in [0.2, 0.25) is 0 Å². The van der Waals surface area contributed by atoms with Crippen molar-refractivity contribution >= 4 is 17.9 Å². The lowest BCUT2D eigenvalue weighted by Gasteiger charge is -2.18. The molecule has 0 bridgehead atoms. The summed E-state index contributed by atoms with van der Waals surface area (Å²) in [5.74, 6) is -0.893. The van der Waals surface area contributed by atoms with Gasteiger partial charge in [-0.05, 0) is 122 Å². The Labute approximate surface area is 489 Å². The molecule has 0 aromatic carbocycles. The van der Waals surface area contributed by atoms with E-state index in [2.05, 4.69) is 118 Å². The van der Waals surface area contributed by atoms with Gasteiger partial charge in [0.15, 0.2) is 6.10 Å². The second-order valence-electron chi connectivity index (χ2n) is 22.3. The summed E-state index contributed by atoms with van der Waals surface area (Å²) >= 11 is 0. The SMILES string of the molecule is CC/C=C\C/C=C\C/C=C\C/C=C\CCCCCCCCCCCCC(=O)OCC(COC(=O)CCCCCCCCC/C=C\CCCCCCCC)OC(=O)CCCCCCCC/C=C\C/C=C\C/C=C\CCCCCCC. The van der Waals surface area contributed by atoms with Gasteiger partial charge in [0, 0.05) is 19.3 Å². The predicted octanol–water partition coefficient (Wildman–Crippen LogP) is 23.2. The van der Waals surface area contributed by atoms with E-state index in [4.69, 9.17) is 14.2 Å². The molecule has 0 aromatic rings. The molecule has 0 aliphatic rings. The van der Waals surface area contributed by atoms with Crippen molar-refractivity contribution in [3.05, 3.63) is 97.2 Å². The van der Waals surface area contributed by atoms with Crippen molar-refractivity contribution < 1.29 is 28.6 Å². The monoisotopic (exact) mass is 1100 g/mol. The molecule has 1 unspecified atom stereocenters. The molecule has 0 fully saturated rings. The Morgan fingerprint density at radius 1 is 0.266 bits per heavy atom. The normalized spacial score (nSPS) is 12.7. The zero-order chi connectivity index (χ0) is 57.1. The number of hydrogen-bond acceptors (Lipinski definition) is 6. The Kier molecular flexibility index (Phi) is 63.7. The van der Waals surface area contributed by atoms with Crippen molar-refractivity contribution in [1.29, 1.82) is 0 Å². The van der Waals surface area contributed by atoms with Crippen LogP contribution in [0.25, 0.3) is 0 Å². The maximum absolute atomic E-state index is 12.9. The first kappa shape index (κ1) is 75.3. The molecule has 454 valence electrons. The van der Waals surface area contributed by atoms with Crippen LogP contribution in [0, 0.1) is 0 Å². The molecule has 0 aliphatic heterocycles. The molecule has 6 nitrogen and oxygen atoms in total. The van der Waals surface area contributed by atoms with Crippen LogP contribution in [0.15, 0.2) is 97.2 Å². The quantitative estimate of drug-likeness (QED) is 0.0261. The topological polar surface area (TPSA) is 78.9 Å². The van der Waals surface area contributed by atoms with E-state index in [0.717, 1.165) is 109 Å². The first-order chi connectivity index (χ1) is 39.0. The van der Waals surface area contributed by atoms with Crippen LogP contribution in [0.1, 0.15) is 329 Å². The van der Waals surface area contributed by atoms with Crippen molar-refractivity contribution in [2.75, 3.05) is 13.2 Å². The number of rotatable bonds is 61. The van der Waals surface area contributed by atoms with Gasteiger partial charge < -0.3 is 14.2 Å². The number of esters is 3. The Balaban J connectivity index is 4.41. The number of carbonyl (C=O) groups excluding carboxylic acids is 3. The highest BCUT2D eigenvalue weighted by atomic mass is 16.6. The Hall–Kier alpha value is -3.67. The lowest BCUT2D eigenvalue weighted by atomic mass is 10.1. The Morgan fingerprint density at radius 3 is 0.785 bits per heavy atom. The van der Waals surface area contributed by atoms with E-state index in [1.54, 1.807) is 0 Å². The smallest absolute Gasteiger partial charge is 0.306 e. The summed E-state index contributed by atoms with van der Waals surface area (Å²) in [6.45, 7) is 6.53. The van der Waals surface area contributed by atoms with E-state index in [1.807, 2.05) is 0 Å². The van der Waals surface area contributed by atoms with Crippen molar-refractivity contribution in [3.63, 3.8) is 0 Å². The van der Waals surface area contributed by atoms with Crippen LogP contribution in [0.4, 0.5) is 0 Å². The lowest BCUT2D eigenvalue weighted by molar-refractivity contribution is -0.167. The van der Waals surface area contributed by atoms with Gasteiger partial charge in [0.05, 0.1) is 0 Å². The van der Waals surface area contributed by atoms with Crippen LogP contribution in [0.5, 0.6) is 0 Å². The highest BCUT2D eigenvalue weighted by Crippen LogP contribution is 2.16. The first-order valence-corrected chi connectivity index (χ1v) is 33.7. The van der Waals surface area contributed by atoms with Crippen LogP contribution in [-0.2, 0) is 28.6 Å². The molecule has 0 aliphatic carbocycles. The number of carbonyl (C=O) groups is 3. The largest absolute Gasteiger partial charge is 0.462 e. The molecular formula is C73H126O6. The van der Waals surface area contributed by atoms with Crippen molar-refractivity contribution in [2.45, 2.75) is 335 Å². The third-order valence-electron chi connectivity index (χ3n) is 14.5. The molecule has 0 heterocycles. The zero-order valence-corrected chi connectivity index (χ0v) is 52.1. The minimum absolute atomic E-state index is 0.0854. The zero-order valence-electron chi connectivity index (χ0n) is 52.1. The maximum Gasteiger partial charge on any atom is 0.306 e. The fourth-order valence-corrected chi connectivity index (χ4v) is 9.50. The molecule has 0 aromatic heterocycles. The van der Waals surface area contributed by atoms with Crippen LogP contribution in [0.3, 0.4) is 0 Å². The second kappa shape index (κ2) is 66.8. The Morgan fingerprint density at radius 2 is 0.494 bits per heavy atom. The molecule has 0 saturated heterocycles. The number of allylic oxidation sites excluding steroid dienone is 16. The molecule has 0 N–H and O–H groups in total. The first-order valence-electron chi connectivity index (χ1n) is 33.7. The van der Waals surface area contributed by atoms with Gasteiger partial charge in [0.2, 0.25) is 0 Å². The minimum atomic E-state index is -0.791. The van der Waals surface area contributed by atoms with E-state index in [0.29, 0.717) is 19.3 Å². The molecule has 79 heavy (non-hydrogen) atoms. The molecule has 0 saturated carbocycles. The van der Waals surface area contributed by atoms with Crippen molar-refractivity contribution in [1.82, 2.24) is 0 Å². The minimum Gasteiger partial charge on any atom is -0.462 e. The van der Waals surface area contributed by atoms with Gasteiger partial charge in [-0.3, -0.25) is 14.4 Å². The van der Waals surface area contributed by atoms with E-state index in [9.17, 15) is 14.4 Å². The molecule has 0 amide bonds. The number of ether oxygens (including phenoxy) is 3. The van der Waals surface area contributed by atoms with Crippen LogP contribution < -0.4 is 0 Å². The second-order valence-corrected chi connectivity index (χ2v) is 22.3. The number of unbranched alkanes of at least 4 members (excludes halogenated alkanes) is 34. The summed E-state index contributed by atoms with van der Waals surface area (Å²) in [6.07, 6.45) is 89.8. The van der Waals surface area contributed by atoms with E-state index in [-0.39, 0.29) is 31.1 Å². The van der Waals surface area contributed by atoms with Gasteiger partial charge in [-0.15, -0.1) is 0 Å². The van der Waals surface area contributed by atoms with E-state index in [1.165, 1.54) is 180 Å². The molecule has 6 heteroatoms. The van der Waals surface area contributed by atoms with Crippen LogP contribution >= 0.6 is 0 Å². The van der Waals surface area contributed by atoms with Gasteiger partial charge in [0.25, 0.3) is 0 Å². The number of hydrogen-bond donors (Lipinski definition) is 0. The fraction of sp³-hybridized carbons (Fsp3) is 0.740. The van der Waals surface area contributed by atoms with Gasteiger partial charge in [-0.2, -0.15) is 0 Å². The van der Waals surface area contributed by atoms with E-state index < -0.39 is 6.10 Å². The maximum atomic E-state index is 12.9. The molecule has 0 spiro atoms. The van der Waals surface area contributed by atoms with Crippen molar-refractivity contribution in [3.8, 4) is 0 Å². The average molecular weight is 1100 g/mol. The highest BCUT2D eigenvalue weighted by molar-refractivity contribution is 5.71. The highest BCUT2D eigenvalue weighted by Gasteiger charge is 2.19. The molecule has 0 radical (unpaired) electrons. The Bertz CT molecular complexity index is 1540. The molecular weight excluding hydrogens is 973 g/mol. The van der Waals surface area contributed by atoms with Gasteiger partial charge in [-0.25, -0.2) is 0 Å². The third kappa shape index (κ3) is 65.0. The predicted molar refractivity (Wildman–Crippen MR) is 344 cm³/mol. The van der Waals surface area contributed by atoms with Crippen molar-refractivity contribution in [2.24, 2.45) is 0 Å². The standard InChI is InChI=1S/C73H126O6/c1-4-7-10-13-16-19-22-25-28-31-33-35-36-38-39-42-45-48-51-54-57-60-63-66-72(75)78-69-70(68-77-71(74)65-62-59-56-53-50-47-44-41-30-27-24-21-18-15-12-9-6-3)79-73(76)67-64-61-58-55-52-49-46-43-40-37-34-32-29-26-23-20-17-14-11-8-5-2/h7,10,16,19,23,25-28,30,32-35,40,43,70H,4-6,8-9,11-15,17-18,20-22,24,29,31,36-39,41-42,44-69H2,1-3H3/b10-7-,19-16-,26-23-,28-25-,30-27-,34-32-,35-33-,43-40-. The molecule has 0 rings (SSSR count). The third-order valence-corrected chi connectivity index (χ3v) is 14.5. The average Bonchev–Trinajstić information content (AvgIpc) is 3.45. The molecule has 1 atom stereocenters. The van der Waals surface area contributed by atoms with Gasteiger partial charge in [-0.1, -0.05) is 285 Å².